The summed E-state index contributed by atoms with van der Waals surface area (Å²) in [5.74, 6) is 1.38. The molecule has 0 unspecified atom stereocenters. The molecule has 0 saturated heterocycles. The SMILES string of the molecule is COC(=O)c1ccc(O[C@H](C)[C@@H](O)c2ccc(OC)c(OC)c2)c(OC)c1. The molecule has 27 heavy (non-hydrogen) atoms. The lowest BCUT2D eigenvalue weighted by Crippen LogP contribution is -2.22. The number of rotatable bonds is 8. The van der Waals surface area contributed by atoms with E-state index in [0.29, 0.717) is 34.1 Å². The van der Waals surface area contributed by atoms with Gasteiger partial charge in [0.25, 0.3) is 0 Å². The van der Waals surface area contributed by atoms with Gasteiger partial charge in [0, 0.05) is 0 Å². The molecule has 0 aliphatic carbocycles. The number of esters is 1. The van der Waals surface area contributed by atoms with Gasteiger partial charge in [0.05, 0.1) is 34.0 Å². The highest BCUT2D eigenvalue weighted by atomic mass is 16.5. The monoisotopic (exact) mass is 376 g/mol. The molecule has 0 fully saturated rings. The molecule has 2 atom stereocenters. The maximum absolute atomic E-state index is 11.6. The van der Waals surface area contributed by atoms with Crippen molar-refractivity contribution in [3.05, 3.63) is 47.5 Å². The summed E-state index contributed by atoms with van der Waals surface area (Å²) >= 11 is 0. The highest BCUT2D eigenvalue weighted by Crippen LogP contribution is 2.34. The van der Waals surface area contributed by atoms with Gasteiger partial charge in [0.15, 0.2) is 23.0 Å². The predicted molar refractivity (Wildman–Crippen MR) is 98.9 cm³/mol. The van der Waals surface area contributed by atoms with Gasteiger partial charge in [-0.3, -0.25) is 0 Å². The number of ether oxygens (including phenoxy) is 5. The first-order valence-corrected chi connectivity index (χ1v) is 8.28. The molecule has 0 saturated carbocycles. The Morgan fingerprint density at radius 1 is 0.852 bits per heavy atom. The molecule has 0 aliphatic heterocycles. The average molecular weight is 376 g/mol. The first-order chi connectivity index (χ1) is 12.9. The van der Waals surface area contributed by atoms with Crippen molar-refractivity contribution in [2.45, 2.75) is 19.1 Å². The lowest BCUT2D eigenvalue weighted by atomic mass is 10.0. The van der Waals surface area contributed by atoms with Crippen LogP contribution in [0.3, 0.4) is 0 Å². The van der Waals surface area contributed by atoms with Crippen molar-refractivity contribution < 1.29 is 33.6 Å². The summed E-state index contributed by atoms with van der Waals surface area (Å²) in [6, 6.07) is 9.85. The number of carbonyl (C=O) groups is 1. The van der Waals surface area contributed by atoms with Gasteiger partial charge in [-0.05, 0) is 42.8 Å². The second-order valence-corrected chi connectivity index (χ2v) is 5.74. The third-order valence-corrected chi connectivity index (χ3v) is 4.09. The third-order valence-electron chi connectivity index (χ3n) is 4.09. The van der Waals surface area contributed by atoms with Crippen molar-refractivity contribution in [2.24, 2.45) is 0 Å². The first-order valence-electron chi connectivity index (χ1n) is 8.28. The maximum Gasteiger partial charge on any atom is 0.337 e. The van der Waals surface area contributed by atoms with Crippen molar-refractivity contribution in [3.63, 3.8) is 0 Å². The van der Waals surface area contributed by atoms with Crippen LogP contribution >= 0.6 is 0 Å². The molecule has 1 N–H and O–H groups in total. The summed E-state index contributed by atoms with van der Waals surface area (Å²) in [5, 5.41) is 10.6. The summed E-state index contributed by atoms with van der Waals surface area (Å²) in [7, 11) is 5.85. The first kappa shape index (κ1) is 20.4. The van der Waals surface area contributed by atoms with E-state index in [0.717, 1.165) is 0 Å². The van der Waals surface area contributed by atoms with E-state index >= 15 is 0 Å². The molecule has 0 heterocycles. The van der Waals surface area contributed by atoms with E-state index in [1.54, 1.807) is 44.4 Å². The van der Waals surface area contributed by atoms with E-state index in [1.807, 2.05) is 0 Å². The van der Waals surface area contributed by atoms with Crippen LogP contribution in [0.25, 0.3) is 0 Å². The van der Waals surface area contributed by atoms with Crippen LogP contribution in [0.2, 0.25) is 0 Å². The quantitative estimate of drug-likeness (QED) is 0.709. The molecule has 0 aromatic heterocycles. The fourth-order valence-electron chi connectivity index (χ4n) is 2.58. The molecule has 2 aromatic rings. The Morgan fingerprint density at radius 2 is 1.44 bits per heavy atom. The van der Waals surface area contributed by atoms with Gasteiger partial charge in [-0.2, -0.15) is 0 Å². The average Bonchev–Trinajstić information content (AvgIpc) is 2.72. The zero-order valence-electron chi connectivity index (χ0n) is 16.0. The van der Waals surface area contributed by atoms with E-state index in [9.17, 15) is 9.90 Å². The second kappa shape index (κ2) is 9.14. The minimum Gasteiger partial charge on any atom is -0.493 e. The van der Waals surface area contributed by atoms with Crippen LogP contribution in [0, 0.1) is 0 Å². The van der Waals surface area contributed by atoms with Gasteiger partial charge in [-0.1, -0.05) is 6.07 Å². The number of methoxy groups -OCH3 is 4. The number of hydrogen-bond acceptors (Lipinski definition) is 7. The smallest absolute Gasteiger partial charge is 0.337 e. The lowest BCUT2D eigenvalue weighted by Gasteiger charge is -2.23. The largest absolute Gasteiger partial charge is 0.493 e. The highest BCUT2D eigenvalue weighted by Gasteiger charge is 2.22. The van der Waals surface area contributed by atoms with Crippen LogP contribution < -0.4 is 18.9 Å². The molecular weight excluding hydrogens is 352 g/mol. The van der Waals surface area contributed by atoms with Gasteiger partial charge < -0.3 is 28.8 Å². The number of carbonyl (C=O) groups excluding carboxylic acids is 1. The number of benzene rings is 2. The minimum absolute atomic E-state index is 0.342. The molecule has 0 radical (unpaired) electrons. The van der Waals surface area contributed by atoms with Gasteiger partial charge in [-0.25, -0.2) is 4.79 Å². The molecule has 0 spiro atoms. The fourth-order valence-corrected chi connectivity index (χ4v) is 2.58. The molecule has 0 aliphatic rings. The normalized spacial score (nSPS) is 12.7. The maximum atomic E-state index is 11.6. The Balaban J connectivity index is 2.21. The predicted octanol–water partition coefficient (Wildman–Crippen LogP) is 3.00. The Hall–Kier alpha value is -2.93. The zero-order valence-corrected chi connectivity index (χ0v) is 16.0. The molecular formula is C20H24O7. The molecule has 0 amide bonds. The van der Waals surface area contributed by atoms with Crippen LogP contribution in [0.1, 0.15) is 28.9 Å². The van der Waals surface area contributed by atoms with Gasteiger partial charge in [0.1, 0.15) is 12.2 Å². The fraction of sp³-hybridized carbons (Fsp3) is 0.350. The van der Waals surface area contributed by atoms with E-state index in [4.69, 9.17) is 23.7 Å². The van der Waals surface area contributed by atoms with Crippen molar-refractivity contribution in [3.8, 4) is 23.0 Å². The van der Waals surface area contributed by atoms with E-state index < -0.39 is 18.2 Å². The summed E-state index contributed by atoms with van der Waals surface area (Å²) in [4.78, 5) is 11.6. The second-order valence-electron chi connectivity index (χ2n) is 5.74. The van der Waals surface area contributed by atoms with Crippen LogP contribution in [-0.4, -0.2) is 45.6 Å². The van der Waals surface area contributed by atoms with Gasteiger partial charge in [-0.15, -0.1) is 0 Å². The summed E-state index contributed by atoms with van der Waals surface area (Å²) in [5.41, 5.74) is 0.958. The molecule has 7 heteroatoms. The van der Waals surface area contributed by atoms with Crippen molar-refractivity contribution in [1.82, 2.24) is 0 Å². The number of aliphatic hydroxyl groups excluding tert-OH is 1. The van der Waals surface area contributed by atoms with Crippen LogP contribution in [0.5, 0.6) is 23.0 Å². The van der Waals surface area contributed by atoms with Crippen LogP contribution in [-0.2, 0) is 4.74 Å². The number of aliphatic hydroxyl groups is 1. The summed E-state index contributed by atoms with van der Waals surface area (Å²) in [6.45, 7) is 1.73. The van der Waals surface area contributed by atoms with Gasteiger partial charge >= 0.3 is 5.97 Å². The summed E-state index contributed by atoms with van der Waals surface area (Å²) < 4.78 is 26.3. The Labute approximate surface area is 158 Å². The molecule has 0 bridgehead atoms. The Bertz CT molecular complexity index is 788. The summed E-state index contributed by atoms with van der Waals surface area (Å²) in [6.07, 6.45) is -1.52. The number of hydrogen-bond donors (Lipinski definition) is 1. The van der Waals surface area contributed by atoms with E-state index in [2.05, 4.69) is 0 Å². The topological polar surface area (TPSA) is 83.5 Å². The van der Waals surface area contributed by atoms with E-state index in [-0.39, 0.29) is 0 Å². The molecule has 2 aromatic carbocycles. The Kier molecular flexibility index (Phi) is 6.90. The van der Waals surface area contributed by atoms with Crippen molar-refractivity contribution >= 4 is 5.97 Å². The van der Waals surface area contributed by atoms with Crippen LogP contribution in [0.4, 0.5) is 0 Å². The lowest BCUT2D eigenvalue weighted by molar-refractivity contribution is 0.0448. The zero-order chi connectivity index (χ0) is 20.0. The highest BCUT2D eigenvalue weighted by molar-refractivity contribution is 5.90. The van der Waals surface area contributed by atoms with E-state index in [1.165, 1.54) is 27.4 Å². The third kappa shape index (κ3) is 4.62. The van der Waals surface area contributed by atoms with Crippen molar-refractivity contribution in [1.29, 1.82) is 0 Å². The molecule has 2 rings (SSSR count). The van der Waals surface area contributed by atoms with Crippen molar-refractivity contribution in [2.75, 3.05) is 28.4 Å². The van der Waals surface area contributed by atoms with Crippen LogP contribution in [0.15, 0.2) is 36.4 Å². The molecule has 7 nitrogen and oxygen atoms in total. The molecule has 146 valence electrons. The van der Waals surface area contributed by atoms with Gasteiger partial charge in [0.2, 0.25) is 0 Å². The minimum atomic E-state index is -0.921. The Morgan fingerprint density at radius 3 is 2.04 bits per heavy atom. The standard InChI is InChI=1S/C20H24O7/c1-12(19(21)13-6-8-15(23-2)17(10-13)24-3)27-16-9-7-14(20(22)26-5)11-18(16)25-4/h6-12,19,21H,1-5H3/t12-,19-/m1/s1.